The van der Waals surface area contributed by atoms with Crippen molar-refractivity contribution in [3.05, 3.63) is 0 Å². The summed E-state index contributed by atoms with van der Waals surface area (Å²) in [7, 11) is 0. The van der Waals surface area contributed by atoms with Crippen LogP contribution in [0, 0.1) is 5.92 Å². The minimum atomic E-state index is -4.00. The molecule has 5 heteroatoms. The van der Waals surface area contributed by atoms with Gasteiger partial charge in [-0.1, -0.05) is 0 Å². The minimum absolute atomic E-state index is 0.239. The number of hydrogen-bond donors (Lipinski definition) is 1. The van der Waals surface area contributed by atoms with Gasteiger partial charge in [-0.15, -0.1) is 0 Å². The first-order valence-corrected chi connectivity index (χ1v) is 7.05. The van der Waals surface area contributed by atoms with Crippen molar-refractivity contribution in [3.63, 3.8) is 0 Å². The number of halogens is 3. The molecular formula is C13H23F3N2. The van der Waals surface area contributed by atoms with E-state index in [0.29, 0.717) is 12.6 Å². The Morgan fingerprint density at radius 2 is 1.89 bits per heavy atom. The van der Waals surface area contributed by atoms with Crippen molar-refractivity contribution < 1.29 is 13.2 Å². The van der Waals surface area contributed by atoms with E-state index in [4.69, 9.17) is 0 Å². The van der Waals surface area contributed by atoms with E-state index in [1.807, 2.05) is 0 Å². The SMILES string of the molecule is FC(F)(F)CCCN(CC1CC1)CC1CCCN1. The first kappa shape index (κ1) is 14.1. The zero-order valence-corrected chi connectivity index (χ0v) is 10.8. The fourth-order valence-electron chi connectivity index (χ4n) is 2.65. The Kier molecular flexibility index (Phi) is 4.90. The van der Waals surface area contributed by atoms with Gasteiger partial charge in [-0.05, 0) is 51.1 Å². The molecule has 1 atom stereocenters. The van der Waals surface area contributed by atoms with Crippen molar-refractivity contribution in [2.75, 3.05) is 26.2 Å². The first-order chi connectivity index (χ1) is 8.53. The van der Waals surface area contributed by atoms with Gasteiger partial charge >= 0.3 is 6.18 Å². The van der Waals surface area contributed by atoms with Gasteiger partial charge in [0.25, 0.3) is 0 Å². The lowest BCUT2D eigenvalue weighted by molar-refractivity contribution is -0.136. The number of nitrogens with one attached hydrogen (secondary N) is 1. The summed E-state index contributed by atoms with van der Waals surface area (Å²) in [5.41, 5.74) is 0. The van der Waals surface area contributed by atoms with Crippen LogP contribution in [-0.2, 0) is 0 Å². The molecule has 2 aliphatic rings. The molecule has 2 fully saturated rings. The van der Waals surface area contributed by atoms with E-state index >= 15 is 0 Å². The molecule has 2 rings (SSSR count). The van der Waals surface area contributed by atoms with Crippen LogP contribution in [0.1, 0.15) is 38.5 Å². The van der Waals surface area contributed by atoms with Crippen LogP contribution in [0.15, 0.2) is 0 Å². The van der Waals surface area contributed by atoms with Gasteiger partial charge in [-0.25, -0.2) is 0 Å². The Hall–Kier alpha value is -0.290. The molecule has 0 spiro atoms. The maximum absolute atomic E-state index is 12.2. The second kappa shape index (κ2) is 6.24. The highest BCUT2D eigenvalue weighted by atomic mass is 19.4. The standard InChI is InChI=1S/C13H23F3N2/c14-13(15,16)6-2-8-18(9-11-4-5-11)10-12-3-1-7-17-12/h11-12,17H,1-10H2. The van der Waals surface area contributed by atoms with Crippen LogP contribution in [0.25, 0.3) is 0 Å². The molecule has 1 heterocycles. The predicted octanol–water partition coefficient (Wildman–Crippen LogP) is 2.79. The molecule has 1 saturated heterocycles. The summed E-state index contributed by atoms with van der Waals surface area (Å²) < 4.78 is 36.5. The zero-order valence-electron chi connectivity index (χ0n) is 10.8. The van der Waals surface area contributed by atoms with Crippen LogP contribution in [0.2, 0.25) is 0 Å². The van der Waals surface area contributed by atoms with Gasteiger partial charge in [-0.2, -0.15) is 13.2 Å². The van der Waals surface area contributed by atoms with Crippen LogP contribution >= 0.6 is 0 Å². The smallest absolute Gasteiger partial charge is 0.313 e. The highest BCUT2D eigenvalue weighted by Gasteiger charge is 2.29. The van der Waals surface area contributed by atoms with E-state index in [1.165, 1.54) is 25.7 Å². The number of hydrogen-bond acceptors (Lipinski definition) is 2. The van der Waals surface area contributed by atoms with Crippen LogP contribution < -0.4 is 5.32 Å². The summed E-state index contributed by atoms with van der Waals surface area (Å²) in [4.78, 5) is 2.24. The Morgan fingerprint density at radius 3 is 2.44 bits per heavy atom. The van der Waals surface area contributed by atoms with Crippen molar-refractivity contribution >= 4 is 0 Å². The van der Waals surface area contributed by atoms with Crippen molar-refractivity contribution in [1.82, 2.24) is 10.2 Å². The topological polar surface area (TPSA) is 15.3 Å². The summed E-state index contributed by atoms with van der Waals surface area (Å²) in [5.74, 6) is 0.747. The fraction of sp³-hybridized carbons (Fsp3) is 1.00. The second-order valence-corrected chi connectivity index (χ2v) is 5.71. The van der Waals surface area contributed by atoms with Gasteiger partial charge in [0.05, 0.1) is 0 Å². The normalized spacial score (nSPS) is 25.0. The highest BCUT2D eigenvalue weighted by molar-refractivity contribution is 4.82. The lowest BCUT2D eigenvalue weighted by Gasteiger charge is -2.25. The van der Waals surface area contributed by atoms with E-state index in [2.05, 4.69) is 10.2 Å². The average molecular weight is 264 g/mol. The third-order valence-corrected chi connectivity index (χ3v) is 3.79. The van der Waals surface area contributed by atoms with Crippen molar-refractivity contribution in [2.45, 2.75) is 50.7 Å². The molecule has 0 bridgehead atoms. The summed E-state index contributed by atoms with van der Waals surface area (Å²) in [6, 6.07) is 0.495. The Labute approximate surface area is 107 Å². The molecule has 0 amide bonds. The molecule has 0 aromatic rings. The Balaban J connectivity index is 1.69. The van der Waals surface area contributed by atoms with Gasteiger partial charge in [-0.3, -0.25) is 0 Å². The fourth-order valence-corrected chi connectivity index (χ4v) is 2.65. The van der Waals surface area contributed by atoms with E-state index in [-0.39, 0.29) is 6.42 Å². The third-order valence-electron chi connectivity index (χ3n) is 3.79. The average Bonchev–Trinajstić information content (AvgIpc) is 2.91. The number of rotatable bonds is 7. The van der Waals surface area contributed by atoms with Crippen molar-refractivity contribution in [3.8, 4) is 0 Å². The molecule has 2 nitrogen and oxygen atoms in total. The van der Waals surface area contributed by atoms with Crippen molar-refractivity contribution in [2.24, 2.45) is 5.92 Å². The first-order valence-electron chi connectivity index (χ1n) is 7.05. The Morgan fingerprint density at radius 1 is 1.11 bits per heavy atom. The van der Waals surface area contributed by atoms with Gasteiger partial charge < -0.3 is 10.2 Å². The largest absolute Gasteiger partial charge is 0.389 e. The van der Waals surface area contributed by atoms with Crippen LogP contribution in [-0.4, -0.2) is 43.3 Å². The zero-order chi connectivity index (χ0) is 13.0. The monoisotopic (exact) mass is 264 g/mol. The van der Waals surface area contributed by atoms with Crippen LogP contribution in [0.5, 0.6) is 0 Å². The molecule has 106 valence electrons. The molecular weight excluding hydrogens is 241 g/mol. The maximum atomic E-state index is 12.2. The molecule has 0 radical (unpaired) electrons. The molecule has 1 aliphatic heterocycles. The Bertz CT molecular complexity index is 245. The lowest BCUT2D eigenvalue weighted by Crippen LogP contribution is -2.39. The van der Waals surface area contributed by atoms with E-state index in [1.54, 1.807) is 0 Å². The minimum Gasteiger partial charge on any atom is -0.313 e. The molecule has 0 aromatic heterocycles. The summed E-state index contributed by atoms with van der Waals surface area (Å²) in [5, 5.41) is 3.42. The third kappa shape index (κ3) is 5.57. The van der Waals surface area contributed by atoms with Gasteiger partial charge in [0, 0.05) is 25.6 Å². The van der Waals surface area contributed by atoms with Gasteiger partial charge in [0.1, 0.15) is 0 Å². The number of nitrogens with zero attached hydrogens (tertiary/aromatic N) is 1. The van der Waals surface area contributed by atoms with Crippen LogP contribution in [0.3, 0.4) is 0 Å². The lowest BCUT2D eigenvalue weighted by atomic mass is 10.2. The molecule has 1 unspecified atom stereocenters. The second-order valence-electron chi connectivity index (χ2n) is 5.71. The quantitative estimate of drug-likeness (QED) is 0.760. The van der Waals surface area contributed by atoms with E-state index in [9.17, 15) is 13.2 Å². The number of alkyl halides is 3. The van der Waals surface area contributed by atoms with E-state index in [0.717, 1.165) is 25.6 Å². The molecule has 1 N–H and O–H groups in total. The summed E-state index contributed by atoms with van der Waals surface area (Å²) in [6.07, 6.45) is 0.471. The summed E-state index contributed by atoms with van der Waals surface area (Å²) in [6.45, 7) is 3.57. The molecule has 0 aromatic carbocycles. The van der Waals surface area contributed by atoms with E-state index < -0.39 is 12.6 Å². The van der Waals surface area contributed by atoms with Gasteiger partial charge in [0.15, 0.2) is 0 Å². The van der Waals surface area contributed by atoms with Gasteiger partial charge in [0.2, 0.25) is 0 Å². The molecule has 1 aliphatic carbocycles. The van der Waals surface area contributed by atoms with Crippen LogP contribution in [0.4, 0.5) is 13.2 Å². The molecule has 1 saturated carbocycles. The maximum Gasteiger partial charge on any atom is 0.389 e. The summed E-state index contributed by atoms with van der Waals surface area (Å²) >= 11 is 0. The van der Waals surface area contributed by atoms with Crippen molar-refractivity contribution in [1.29, 1.82) is 0 Å². The predicted molar refractivity (Wildman–Crippen MR) is 65.5 cm³/mol. The highest BCUT2D eigenvalue weighted by Crippen LogP contribution is 2.30. The molecule has 18 heavy (non-hydrogen) atoms.